The monoisotopic (exact) mass is 875 g/mol. The molecule has 0 amide bonds. The number of allylic oxidation sites excluding steroid dienone is 5. The average molecular weight is 875 g/mol. The summed E-state index contributed by atoms with van der Waals surface area (Å²) in [5, 5.41) is 9.52. The van der Waals surface area contributed by atoms with Crippen LogP contribution in [-0.2, 0) is 25.5 Å². The first-order valence-corrected chi connectivity index (χ1v) is 24.5. The lowest BCUT2D eigenvalue weighted by molar-refractivity contribution is -0.143. The molecule has 2 unspecified atom stereocenters. The van der Waals surface area contributed by atoms with E-state index in [2.05, 4.69) is 108 Å². The molecule has 1 aliphatic carbocycles. The Morgan fingerprint density at radius 1 is 0.906 bits per heavy atom. The quantitative estimate of drug-likeness (QED) is 0.0593. The van der Waals surface area contributed by atoms with Crippen molar-refractivity contribution in [2.24, 2.45) is 41.4 Å². The molecule has 2 aromatic heterocycles. The van der Waals surface area contributed by atoms with Crippen molar-refractivity contribution in [1.82, 2.24) is 20.6 Å². The number of nitrogens with one attached hydrogen (secondary N) is 4. The Morgan fingerprint density at radius 3 is 2.25 bits per heavy atom. The number of hydrogen-bond donors (Lipinski definition) is 4. The van der Waals surface area contributed by atoms with Gasteiger partial charge in [-0.25, -0.2) is 0 Å². The minimum absolute atomic E-state index is 0.00906. The summed E-state index contributed by atoms with van der Waals surface area (Å²) in [6, 6.07) is -0.159. The van der Waals surface area contributed by atoms with E-state index in [9.17, 15) is 14.4 Å². The van der Waals surface area contributed by atoms with Crippen molar-refractivity contribution in [3.63, 3.8) is 0 Å². The molecule has 9 heteroatoms. The first kappa shape index (κ1) is 48.7. The molecule has 1 fully saturated rings. The van der Waals surface area contributed by atoms with E-state index < -0.39 is 11.9 Å². The molecule has 9 nitrogen and oxygen atoms in total. The Morgan fingerprint density at radius 2 is 1.59 bits per heavy atom. The zero-order valence-corrected chi connectivity index (χ0v) is 40.9. The van der Waals surface area contributed by atoms with Crippen molar-refractivity contribution in [2.45, 2.75) is 152 Å². The lowest BCUT2D eigenvalue weighted by atomic mass is 9.83. The second kappa shape index (κ2) is 21.5. The molecule has 0 aromatic carbocycles. The minimum Gasteiger partial charge on any atom is -0.468 e. The van der Waals surface area contributed by atoms with Gasteiger partial charge in [-0.2, -0.15) is 0 Å². The number of H-pyrrole nitrogens is 2. The highest BCUT2D eigenvalue weighted by Crippen LogP contribution is 2.48. The van der Waals surface area contributed by atoms with E-state index in [0.717, 1.165) is 81.6 Å². The van der Waals surface area contributed by atoms with Crippen LogP contribution in [0.25, 0.3) is 17.7 Å². The largest absolute Gasteiger partial charge is 0.468 e. The van der Waals surface area contributed by atoms with Crippen LogP contribution < -0.4 is 21.3 Å². The number of ether oxygens (including phenoxy) is 2. The Balaban J connectivity index is 1.20. The van der Waals surface area contributed by atoms with Gasteiger partial charge in [0.2, 0.25) is 0 Å². The summed E-state index contributed by atoms with van der Waals surface area (Å²) in [5.74, 6) is -0.00790. The van der Waals surface area contributed by atoms with Gasteiger partial charge in [0, 0.05) is 68.9 Å². The van der Waals surface area contributed by atoms with Crippen molar-refractivity contribution in [3.8, 4) is 0 Å². The van der Waals surface area contributed by atoms with Crippen LogP contribution in [0.2, 0.25) is 0 Å². The number of Topliss-reactive ketones (excluding diaryl/α,β-unsaturated/α-hetero) is 1. The number of ketones is 1. The van der Waals surface area contributed by atoms with E-state index in [1.165, 1.54) is 68.8 Å². The summed E-state index contributed by atoms with van der Waals surface area (Å²) < 4.78 is 11.1. The fraction of sp³-hybridized carbons (Fsp3) is 0.582. The molecule has 5 heterocycles. The lowest BCUT2D eigenvalue weighted by Crippen LogP contribution is -2.27. The standard InChI is InChI=1S/C55H78N4O5/c1-13-39-35(8)42-28-44-37(10)41(24-25-48(60)64-27-26-34(7)23-17-22-33(6)21-16-20-32(5)19-15-18-31(3)4)52(58-44)50-51(55(62)63-12)54(61)49-38(11)45(59-53(49)50)30-47-40(14-2)36(9)43(57-47)29-46(39)56-42/h13,26,28-33,35,37,41,44,51,56-59H,1,14-25,27H2,2-12H3/b34-26+,42-28-,43-29-,47-30-,52-50-/t32-,33-,35?,37+,41+,44?,51-/m1/s1. The molecule has 7 atom stereocenters. The number of esters is 2. The highest BCUT2D eigenvalue weighted by molar-refractivity contribution is 6.24. The highest BCUT2D eigenvalue weighted by atomic mass is 16.5. The van der Waals surface area contributed by atoms with Crippen LogP contribution in [-0.4, -0.2) is 47.4 Å². The second-order valence-electron chi connectivity index (χ2n) is 20.1. The molecule has 3 aliphatic heterocycles. The molecule has 0 saturated carbocycles. The third-order valence-electron chi connectivity index (χ3n) is 14.9. The summed E-state index contributed by atoms with van der Waals surface area (Å²) in [6.45, 7) is 26.6. The number of methoxy groups -OCH3 is 1. The third kappa shape index (κ3) is 10.7. The molecule has 0 spiro atoms. The molecule has 348 valence electrons. The van der Waals surface area contributed by atoms with E-state index in [1.54, 1.807) is 0 Å². The van der Waals surface area contributed by atoms with Crippen molar-refractivity contribution >= 4 is 35.4 Å². The summed E-state index contributed by atoms with van der Waals surface area (Å²) in [7, 11) is 1.33. The molecular weight excluding hydrogens is 797 g/mol. The first-order chi connectivity index (χ1) is 30.6. The number of rotatable bonds is 20. The summed E-state index contributed by atoms with van der Waals surface area (Å²) >= 11 is 0. The van der Waals surface area contributed by atoms with Crippen LogP contribution in [0.15, 0.2) is 53.0 Å². The van der Waals surface area contributed by atoms with Crippen LogP contribution in [0.3, 0.4) is 0 Å². The number of carbonyl (C=O) groups is 3. The smallest absolute Gasteiger partial charge is 0.321 e. The van der Waals surface area contributed by atoms with Gasteiger partial charge in [0.15, 0.2) is 5.78 Å². The van der Waals surface area contributed by atoms with Gasteiger partial charge in [-0.1, -0.05) is 112 Å². The zero-order valence-electron chi connectivity index (χ0n) is 40.9. The maximum absolute atomic E-state index is 14.4. The predicted molar refractivity (Wildman–Crippen MR) is 260 cm³/mol. The van der Waals surface area contributed by atoms with Crippen molar-refractivity contribution < 1.29 is 23.9 Å². The number of fused-ring (bicyclic) bond motifs is 7. The highest BCUT2D eigenvalue weighted by Gasteiger charge is 2.49. The van der Waals surface area contributed by atoms with Gasteiger partial charge in [0.25, 0.3) is 0 Å². The number of carbonyl (C=O) groups excluding carboxylic acids is 3. The van der Waals surface area contributed by atoms with Crippen LogP contribution in [0, 0.1) is 55.3 Å². The topological polar surface area (TPSA) is 125 Å². The predicted octanol–water partition coefficient (Wildman–Crippen LogP) is 10.3. The molecule has 4 N–H and O–H groups in total. The Kier molecular flexibility index (Phi) is 16.3. The summed E-state index contributed by atoms with van der Waals surface area (Å²) in [4.78, 5) is 48.8. The molecule has 2 aromatic rings. The Hall–Kier alpha value is -4.79. The minimum atomic E-state index is -1.12. The summed E-state index contributed by atoms with van der Waals surface area (Å²) in [5.41, 5.74) is 10.9. The van der Waals surface area contributed by atoms with Gasteiger partial charge >= 0.3 is 11.9 Å². The average Bonchev–Trinajstić information content (AvgIpc) is 3.99. The van der Waals surface area contributed by atoms with Gasteiger partial charge in [-0.05, 0) is 117 Å². The van der Waals surface area contributed by atoms with E-state index in [1.807, 2.05) is 19.1 Å². The molecule has 1 saturated heterocycles. The summed E-state index contributed by atoms with van der Waals surface area (Å²) in [6.07, 6.45) is 23.4. The second-order valence-corrected chi connectivity index (χ2v) is 20.1. The molecule has 6 rings (SSSR count). The van der Waals surface area contributed by atoms with Crippen LogP contribution in [0.5, 0.6) is 0 Å². The fourth-order valence-electron chi connectivity index (χ4n) is 10.8. The SMILES string of the molecule is C=CC1=C2/C=c3\[nH]/c(c(CC)c3C)=C\c3[nH]c4c(c3C)C(=O)[C@H](C(=O)OC)/C4=C3/NC(/C=C(\N2)C1C)[C@@H](C)[C@@H]3CCC(=O)OC/C=C(\C)CCC[C@H](C)CCC[C@H](C)CCCC(C)C. The van der Waals surface area contributed by atoms with Crippen LogP contribution in [0.1, 0.15) is 164 Å². The van der Waals surface area contributed by atoms with Crippen LogP contribution in [0.4, 0.5) is 0 Å². The van der Waals surface area contributed by atoms with Gasteiger partial charge in [-0.3, -0.25) is 14.4 Å². The van der Waals surface area contributed by atoms with Crippen LogP contribution >= 0.6 is 0 Å². The van der Waals surface area contributed by atoms with Crippen molar-refractivity contribution in [3.05, 3.63) is 97.4 Å². The van der Waals surface area contributed by atoms with Gasteiger partial charge in [0.05, 0.1) is 12.8 Å². The maximum atomic E-state index is 14.4. The molecule has 64 heavy (non-hydrogen) atoms. The van der Waals surface area contributed by atoms with Gasteiger partial charge in [0.1, 0.15) is 12.5 Å². The van der Waals surface area contributed by atoms with Gasteiger partial charge < -0.3 is 30.1 Å². The van der Waals surface area contributed by atoms with E-state index in [0.29, 0.717) is 23.3 Å². The Labute approximate surface area is 383 Å². The fourth-order valence-corrected chi connectivity index (χ4v) is 10.8. The third-order valence-corrected chi connectivity index (χ3v) is 14.9. The molecular formula is C55H78N4O5. The number of aromatic nitrogens is 2. The number of aromatic amines is 2. The van der Waals surface area contributed by atoms with E-state index in [-0.39, 0.29) is 48.6 Å². The molecule has 0 radical (unpaired) electrons. The normalized spacial score (nSPS) is 25.5. The molecule has 8 bridgehead atoms. The first-order valence-electron chi connectivity index (χ1n) is 24.5. The van der Waals surface area contributed by atoms with E-state index >= 15 is 0 Å². The zero-order chi connectivity index (χ0) is 46.4. The van der Waals surface area contributed by atoms with Crippen molar-refractivity contribution in [1.29, 1.82) is 0 Å². The Bertz CT molecular complexity index is 2330. The maximum Gasteiger partial charge on any atom is 0.321 e. The lowest BCUT2D eigenvalue weighted by Gasteiger charge is -2.20. The van der Waals surface area contributed by atoms with E-state index in [4.69, 9.17) is 9.47 Å². The number of hydrogen-bond acceptors (Lipinski definition) is 7. The van der Waals surface area contributed by atoms with Gasteiger partial charge in [-0.15, -0.1) is 0 Å². The van der Waals surface area contributed by atoms with Crippen molar-refractivity contribution in [2.75, 3.05) is 13.7 Å². The molecule has 4 aliphatic rings.